The molecule has 0 saturated carbocycles. The molecule has 19 heavy (non-hydrogen) atoms. The number of aliphatic carboxylic acids is 1. The van der Waals surface area contributed by atoms with Crippen molar-refractivity contribution >= 4 is 12.0 Å². The van der Waals surface area contributed by atoms with E-state index in [4.69, 9.17) is 5.11 Å². The first-order valence-corrected chi connectivity index (χ1v) is 6.31. The van der Waals surface area contributed by atoms with E-state index in [9.17, 15) is 9.59 Å². The molecule has 0 bridgehead atoms. The number of urea groups is 1. The number of aromatic nitrogens is 2. The van der Waals surface area contributed by atoms with Crippen LogP contribution in [0.1, 0.15) is 12.7 Å². The van der Waals surface area contributed by atoms with Gasteiger partial charge in [0.05, 0.1) is 5.92 Å². The number of carboxylic acid groups (broad SMARTS) is 1. The Bertz CT molecular complexity index is 446. The minimum atomic E-state index is -0.835. The summed E-state index contributed by atoms with van der Waals surface area (Å²) in [7, 11) is 0. The van der Waals surface area contributed by atoms with Crippen LogP contribution in [0, 0.1) is 11.8 Å². The highest BCUT2D eigenvalue weighted by Gasteiger charge is 2.36. The summed E-state index contributed by atoms with van der Waals surface area (Å²) in [6, 6.07) is -0.206. The van der Waals surface area contributed by atoms with E-state index in [1.165, 1.54) is 0 Å². The first-order chi connectivity index (χ1) is 9.08. The third-order valence-corrected chi connectivity index (χ3v) is 3.41. The number of imidazole rings is 1. The van der Waals surface area contributed by atoms with Crippen LogP contribution in [0.25, 0.3) is 0 Å². The van der Waals surface area contributed by atoms with Gasteiger partial charge < -0.3 is 20.3 Å². The second kappa shape index (κ2) is 5.73. The monoisotopic (exact) mass is 266 g/mol. The van der Waals surface area contributed by atoms with Crippen LogP contribution in [0.2, 0.25) is 0 Å². The van der Waals surface area contributed by atoms with E-state index in [0.29, 0.717) is 19.5 Å². The summed E-state index contributed by atoms with van der Waals surface area (Å²) >= 11 is 0. The SMILES string of the molecule is C[C@@H]1CN(C(=O)NCCc2ncc[nH]2)C[C@H]1C(=O)O. The van der Waals surface area contributed by atoms with Gasteiger partial charge in [-0.05, 0) is 5.92 Å². The summed E-state index contributed by atoms with van der Waals surface area (Å²) in [5, 5.41) is 11.8. The van der Waals surface area contributed by atoms with Crippen molar-refractivity contribution < 1.29 is 14.7 Å². The van der Waals surface area contributed by atoms with E-state index in [-0.39, 0.29) is 18.5 Å². The number of nitrogens with one attached hydrogen (secondary N) is 2. The van der Waals surface area contributed by atoms with Gasteiger partial charge in [-0.25, -0.2) is 9.78 Å². The summed E-state index contributed by atoms with van der Waals surface area (Å²) in [6.07, 6.45) is 4.03. The number of H-pyrrole nitrogens is 1. The molecule has 1 aliphatic rings. The first kappa shape index (κ1) is 13.4. The lowest BCUT2D eigenvalue weighted by atomic mass is 9.99. The van der Waals surface area contributed by atoms with E-state index in [0.717, 1.165) is 5.82 Å². The maximum atomic E-state index is 11.9. The summed E-state index contributed by atoms with van der Waals surface area (Å²) in [4.78, 5) is 31.4. The summed E-state index contributed by atoms with van der Waals surface area (Å²) in [6.45, 7) is 3.11. The van der Waals surface area contributed by atoms with Crippen LogP contribution in [0.4, 0.5) is 4.79 Å². The molecule has 2 rings (SSSR count). The molecule has 1 aromatic rings. The molecule has 0 radical (unpaired) electrons. The average molecular weight is 266 g/mol. The minimum absolute atomic E-state index is 0.00618. The molecule has 7 nitrogen and oxygen atoms in total. The Kier molecular flexibility index (Phi) is 4.03. The maximum absolute atomic E-state index is 11.9. The van der Waals surface area contributed by atoms with E-state index >= 15 is 0 Å². The number of aromatic amines is 1. The minimum Gasteiger partial charge on any atom is -0.481 e. The number of rotatable bonds is 4. The fourth-order valence-electron chi connectivity index (χ4n) is 2.29. The maximum Gasteiger partial charge on any atom is 0.317 e. The van der Waals surface area contributed by atoms with Gasteiger partial charge in [0.15, 0.2) is 0 Å². The summed E-state index contributed by atoms with van der Waals surface area (Å²) in [5.41, 5.74) is 0. The molecule has 1 aliphatic heterocycles. The predicted octanol–water partition coefficient (Wildman–Crippen LogP) is 0.314. The number of amides is 2. The molecule has 3 N–H and O–H groups in total. The molecule has 2 heterocycles. The second-order valence-corrected chi connectivity index (χ2v) is 4.84. The molecule has 2 amide bonds. The molecule has 2 atom stereocenters. The number of nitrogens with zero attached hydrogens (tertiary/aromatic N) is 2. The second-order valence-electron chi connectivity index (χ2n) is 4.84. The quantitative estimate of drug-likeness (QED) is 0.730. The van der Waals surface area contributed by atoms with E-state index in [1.54, 1.807) is 17.3 Å². The third kappa shape index (κ3) is 3.24. The molecule has 104 valence electrons. The number of carboxylic acids is 1. The lowest BCUT2D eigenvalue weighted by Gasteiger charge is -2.16. The first-order valence-electron chi connectivity index (χ1n) is 6.31. The number of carbonyl (C=O) groups is 2. The van der Waals surface area contributed by atoms with Crippen molar-refractivity contribution in [3.05, 3.63) is 18.2 Å². The van der Waals surface area contributed by atoms with Gasteiger partial charge in [0.1, 0.15) is 5.82 Å². The molecule has 7 heteroatoms. The van der Waals surface area contributed by atoms with Gasteiger partial charge in [-0.1, -0.05) is 6.92 Å². The molecule has 0 aliphatic carbocycles. The Morgan fingerprint density at radius 3 is 2.95 bits per heavy atom. The van der Waals surface area contributed by atoms with Crippen LogP contribution in [0.5, 0.6) is 0 Å². The van der Waals surface area contributed by atoms with Gasteiger partial charge in [-0.2, -0.15) is 0 Å². The topological polar surface area (TPSA) is 98.3 Å². The molecule has 1 fully saturated rings. The number of hydrogen-bond donors (Lipinski definition) is 3. The zero-order valence-corrected chi connectivity index (χ0v) is 10.8. The van der Waals surface area contributed by atoms with Crippen molar-refractivity contribution in [3.8, 4) is 0 Å². The fourth-order valence-corrected chi connectivity index (χ4v) is 2.29. The zero-order chi connectivity index (χ0) is 13.8. The van der Waals surface area contributed by atoms with Gasteiger partial charge in [0.2, 0.25) is 0 Å². The zero-order valence-electron chi connectivity index (χ0n) is 10.8. The van der Waals surface area contributed by atoms with Crippen LogP contribution in [0.3, 0.4) is 0 Å². The summed E-state index contributed by atoms with van der Waals surface area (Å²) in [5.74, 6) is -0.485. The smallest absolute Gasteiger partial charge is 0.317 e. The van der Waals surface area contributed by atoms with Crippen LogP contribution in [-0.2, 0) is 11.2 Å². The highest BCUT2D eigenvalue weighted by atomic mass is 16.4. The van der Waals surface area contributed by atoms with E-state index < -0.39 is 11.9 Å². The summed E-state index contributed by atoms with van der Waals surface area (Å²) < 4.78 is 0. The lowest BCUT2D eigenvalue weighted by molar-refractivity contribution is -0.142. The van der Waals surface area contributed by atoms with Crippen molar-refractivity contribution in [1.29, 1.82) is 0 Å². The normalized spacial score (nSPS) is 22.5. The van der Waals surface area contributed by atoms with Gasteiger partial charge >= 0.3 is 12.0 Å². The molecule has 0 unspecified atom stereocenters. The molecular weight excluding hydrogens is 248 g/mol. The van der Waals surface area contributed by atoms with Crippen molar-refractivity contribution in [3.63, 3.8) is 0 Å². The Balaban J connectivity index is 1.76. The van der Waals surface area contributed by atoms with Crippen molar-refractivity contribution in [2.45, 2.75) is 13.3 Å². The van der Waals surface area contributed by atoms with Crippen molar-refractivity contribution in [2.75, 3.05) is 19.6 Å². The Morgan fingerprint density at radius 1 is 1.58 bits per heavy atom. The van der Waals surface area contributed by atoms with Crippen molar-refractivity contribution in [2.24, 2.45) is 11.8 Å². The van der Waals surface area contributed by atoms with Crippen molar-refractivity contribution in [1.82, 2.24) is 20.2 Å². The fraction of sp³-hybridized carbons (Fsp3) is 0.583. The molecular formula is C12H18N4O3. The number of hydrogen-bond acceptors (Lipinski definition) is 3. The highest BCUT2D eigenvalue weighted by Crippen LogP contribution is 2.22. The van der Waals surface area contributed by atoms with Crippen LogP contribution in [0.15, 0.2) is 12.4 Å². The van der Waals surface area contributed by atoms with Crippen LogP contribution in [-0.4, -0.2) is 51.6 Å². The number of carbonyl (C=O) groups excluding carboxylic acids is 1. The van der Waals surface area contributed by atoms with Gasteiger partial charge in [0, 0.05) is 38.4 Å². The largest absolute Gasteiger partial charge is 0.481 e. The van der Waals surface area contributed by atoms with Gasteiger partial charge in [-0.15, -0.1) is 0 Å². The van der Waals surface area contributed by atoms with Crippen LogP contribution >= 0.6 is 0 Å². The average Bonchev–Trinajstić information content (AvgIpc) is 2.98. The molecule has 1 aromatic heterocycles. The lowest BCUT2D eigenvalue weighted by Crippen LogP contribution is -2.39. The van der Waals surface area contributed by atoms with Gasteiger partial charge in [0.25, 0.3) is 0 Å². The molecule has 0 spiro atoms. The number of likely N-dealkylation sites (tertiary alicyclic amines) is 1. The Hall–Kier alpha value is -2.05. The van der Waals surface area contributed by atoms with Crippen LogP contribution < -0.4 is 5.32 Å². The predicted molar refractivity (Wildman–Crippen MR) is 67.6 cm³/mol. The standard InChI is InChI=1S/C12H18N4O3/c1-8-6-16(7-9(8)11(17)18)12(19)15-3-2-10-13-4-5-14-10/h4-5,8-9H,2-3,6-7H2,1H3,(H,13,14)(H,15,19)(H,17,18)/t8-,9-/m1/s1. The third-order valence-electron chi connectivity index (χ3n) is 3.41. The Morgan fingerprint density at radius 2 is 2.37 bits per heavy atom. The molecule has 1 saturated heterocycles. The molecule has 0 aromatic carbocycles. The van der Waals surface area contributed by atoms with E-state index in [1.807, 2.05) is 6.92 Å². The Labute approximate surface area is 111 Å². The van der Waals surface area contributed by atoms with Gasteiger partial charge in [-0.3, -0.25) is 4.79 Å². The highest BCUT2D eigenvalue weighted by molar-refractivity contribution is 5.77. The van der Waals surface area contributed by atoms with E-state index in [2.05, 4.69) is 15.3 Å².